The van der Waals surface area contributed by atoms with Crippen molar-refractivity contribution >= 4 is 0 Å². The molecule has 23 heavy (non-hydrogen) atoms. The summed E-state index contributed by atoms with van der Waals surface area (Å²) in [5.74, 6) is 2.07. The van der Waals surface area contributed by atoms with E-state index in [0.717, 1.165) is 31.6 Å². The van der Waals surface area contributed by atoms with E-state index in [9.17, 15) is 4.39 Å². The molecule has 2 aromatic rings. The first-order valence-corrected chi connectivity index (χ1v) is 8.57. The van der Waals surface area contributed by atoms with Crippen LogP contribution < -0.4 is 5.32 Å². The molecular weight excluding hydrogens is 289 g/mol. The quantitative estimate of drug-likeness (QED) is 0.886. The maximum atomic E-state index is 12.9. The van der Waals surface area contributed by atoms with Crippen molar-refractivity contribution in [3.05, 3.63) is 59.4 Å². The lowest BCUT2D eigenvalue weighted by molar-refractivity contribution is 0.292. The van der Waals surface area contributed by atoms with Crippen LogP contribution in [0.5, 0.6) is 0 Å². The van der Waals surface area contributed by atoms with Crippen LogP contribution in [0, 0.1) is 5.82 Å². The Bertz CT molecular complexity index is 643. The molecule has 2 aliphatic rings. The molecule has 0 aliphatic heterocycles. The van der Waals surface area contributed by atoms with Crippen LogP contribution in [0.25, 0.3) is 0 Å². The molecule has 2 fully saturated rings. The Kier molecular flexibility index (Phi) is 4.08. The van der Waals surface area contributed by atoms with E-state index in [2.05, 4.69) is 15.3 Å². The first-order chi connectivity index (χ1) is 11.3. The van der Waals surface area contributed by atoms with E-state index in [1.54, 1.807) is 12.1 Å². The molecule has 4 heteroatoms. The maximum Gasteiger partial charge on any atom is 0.131 e. The van der Waals surface area contributed by atoms with Crippen LogP contribution in [0.15, 0.2) is 36.7 Å². The highest BCUT2D eigenvalue weighted by Gasteiger charge is 2.29. The predicted octanol–water partition coefficient (Wildman–Crippen LogP) is 3.57. The number of nitrogens with one attached hydrogen (secondary N) is 1. The summed E-state index contributed by atoms with van der Waals surface area (Å²) in [5, 5.41) is 3.60. The molecule has 0 spiro atoms. The normalized spacial score (nSPS) is 23.5. The summed E-state index contributed by atoms with van der Waals surface area (Å²) in [4.78, 5) is 8.92. The summed E-state index contributed by atoms with van der Waals surface area (Å²) in [6, 6.07) is 7.52. The molecule has 1 heterocycles. The Balaban J connectivity index is 1.18. The van der Waals surface area contributed by atoms with Gasteiger partial charge in [-0.15, -0.1) is 0 Å². The number of halogens is 1. The van der Waals surface area contributed by atoms with Gasteiger partial charge in [0.25, 0.3) is 0 Å². The van der Waals surface area contributed by atoms with Crippen molar-refractivity contribution in [1.82, 2.24) is 15.3 Å². The minimum atomic E-state index is -0.155. The highest BCUT2D eigenvalue weighted by molar-refractivity contribution is 5.23. The number of rotatable bonds is 6. The molecule has 2 aliphatic carbocycles. The van der Waals surface area contributed by atoms with Crippen molar-refractivity contribution in [3.8, 4) is 0 Å². The van der Waals surface area contributed by atoms with Crippen LogP contribution in [0.3, 0.4) is 0 Å². The molecule has 0 unspecified atom stereocenters. The third-order valence-electron chi connectivity index (χ3n) is 4.99. The van der Waals surface area contributed by atoms with Crippen molar-refractivity contribution in [2.45, 2.75) is 50.0 Å². The maximum absolute atomic E-state index is 12.9. The van der Waals surface area contributed by atoms with Gasteiger partial charge in [0.15, 0.2) is 0 Å². The van der Waals surface area contributed by atoms with Crippen LogP contribution in [0.4, 0.5) is 4.39 Å². The highest BCUT2D eigenvalue weighted by Crippen LogP contribution is 2.38. The van der Waals surface area contributed by atoms with Gasteiger partial charge >= 0.3 is 0 Å². The van der Waals surface area contributed by atoms with Gasteiger partial charge in [0.05, 0.1) is 0 Å². The summed E-state index contributed by atoms with van der Waals surface area (Å²) in [7, 11) is 0. The number of hydrogen-bond donors (Lipinski definition) is 1. The number of benzene rings is 1. The smallest absolute Gasteiger partial charge is 0.131 e. The van der Waals surface area contributed by atoms with Crippen molar-refractivity contribution in [1.29, 1.82) is 0 Å². The Hall–Kier alpha value is -1.81. The lowest BCUT2D eigenvalue weighted by Crippen LogP contribution is -2.40. The Morgan fingerprint density at radius 3 is 2.35 bits per heavy atom. The molecule has 0 radical (unpaired) electrons. The summed E-state index contributed by atoms with van der Waals surface area (Å²) in [6.07, 6.45) is 9.71. The number of nitrogens with zero attached hydrogens (tertiary/aromatic N) is 2. The van der Waals surface area contributed by atoms with E-state index in [0.29, 0.717) is 17.9 Å². The van der Waals surface area contributed by atoms with E-state index in [-0.39, 0.29) is 5.82 Å². The standard InChI is InChI=1S/C19H22FN3/c20-17-5-3-14(4-6-17)16-9-18(10-16)21-8-7-13-11-22-19(23-12-13)15-1-2-15/h3-6,11-12,15-16,18,21H,1-2,7-10H2. The van der Waals surface area contributed by atoms with Gasteiger partial charge in [0, 0.05) is 24.4 Å². The largest absolute Gasteiger partial charge is 0.314 e. The van der Waals surface area contributed by atoms with E-state index in [4.69, 9.17) is 0 Å². The molecule has 1 N–H and O–H groups in total. The lowest BCUT2D eigenvalue weighted by atomic mass is 9.76. The minimum absolute atomic E-state index is 0.155. The van der Waals surface area contributed by atoms with Crippen molar-refractivity contribution in [3.63, 3.8) is 0 Å². The van der Waals surface area contributed by atoms with Gasteiger partial charge in [-0.05, 0) is 67.8 Å². The van der Waals surface area contributed by atoms with Crippen LogP contribution in [-0.4, -0.2) is 22.6 Å². The second-order valence-corrected chi connectivity index (χ2v) is 6.84. The number of hydrogen-bond acceptors (Lipinski definition) is 3. The van der Waals surface area contributed by atoms with Crippen molar-refractivity contribution < 1.29 is 4.39 Å². The topological polar surface area (TPSA) is 37.8 Å². The van der Waals surface area contributed by atoms with Gasteiger partial charge in [-0.1, -0.05) is 12.1 Å². The fraction of sp³-hybridized carbons (Fsp3) is 0.474. The van der Waals surface area contributed by atoms with E-state index in [1.807, 2.05) is 24.5 Å². The SMILES string of the molecule is Fc1ccc(C2CC(NCCc3cnc(C4CC4)nc3)C2)cc1. The Morgan fingerprint density at radius 2 is 1.70 bits per heavy atom. The van der Waals surface area contributed by atoms with Gasteiger partial charge in [-0.25, -0.2) is 14.4 Å². The molecule has 3 nitrogen and oxygen atoms in total. The Morgan fingerprint density at radius 1 is 1.00 bits per heavy atom. The predicted molar refractivity (Wildman–Crippen MR) is 87.9 cm³/mol. The molecule has 0 atom stereocenters. The first-order valence-electron chi connectivity index (χ1n) is 8.57. The molecule has 4 rings (SSSR count). The summed E-state index contributed by atoms with van der Waals surface area (Å²) >= 11 is 0. The summed E-state index contributed by atoms with van der Waals surface area (Å²) in [5.41, 5.74) is 2.46. The molecule has 120 valence electrons. The van der Waals surface area contributed by atoms with Crippen molar-refractivity contribution in [2.75, 3.05) is 6.54 Å². The number of aromatic nitrogens is 2. The summed E-state index contributed by atoms with van der Waals surface area (Å²) in [6.45, 7) is 0.965. The van der Waals surface area contributed by atoms with Crippen LogP contribution >= 0.6 is 0 Å². The third-order valence-corrected chi connectivity index (χ3v) is 4.99. The molecule has 2 saturated carbocycles. The average molecular weight is 311 g/mol. The van der Waals surface area contributed by atoms with Crippen LogP contribution in [0.1, 0.15) is 54.5 Å². The zero-order chi connectivity index (χ0) is 15.6. The zero-order valence-electron chi connectivity index (χ0n) is 13.2. The summed E-state index contributed by atoms with van der Waals surface area (Å²) < 4.78 is 12.9. The monoisotopic (exact) mass is 311 g/mol. The van der Waals surface area contributed by atoms with Gasteiger partial charge in [0.2, 0.25) is 0 Å². The van der Waals surface area contributed by atoms with Gasteiger partial charge in [-0.3, -0.25) is 0 Å². The van der Waals surface area contributed by atoms with Crippen molar-refractivity contribution in [2.24, 2.45) is 0 Å². The molecule has 0 saturated heterocycles. The molecule has 1 aromatic heterocycles. The second-order valence-electron chi connectivity index (χ2n) is 6.84. The van der Waals surface area contributed by atoms with E-state index < -0.39 is 0 Å². The van der Waals surface area contributed by atoms with Crippen LogP contribution in [-0.2, 0) is 6.42 Å². The molecule has 1 aromatic carbocycles. The fourth-order valence-electron chi connectivity index (χ4n) is 3.26. The average Bonchev–Trinajstić information content (AvgIpc) is 3.36. The third kappa shape index (κ3) is 3.58. The molecule has 0 amide bonds. The Labute approximate surface area is 136 Å². The molecule has 0 bridgehead atoms. The fourth-order valence-corrected chi connectivity index (χ4v) is 3.26. The molecular formula is C19H22FN3. The highest BCUT2D eigenvalue weighted by atomic mass is 19.1. The van der Waals surface area contributed by atoms with Crippen LogP contribution in [0.2, 0.25) is 0 Å². The van der Waals surface area contributed by atoms with E-state index >= 15 is 0 Å². The van der Waals surface area contributed by atoms with Gasteiger partial charge in [0.1, 0.15) is 11.6 Å². The first kappa shape index (κ1) is 14.8. The van der Waals surface area contributed by atoms with E-state index in [1.165, 1.54) is 24.0 Å². The minimum Gasteiger partial charge on any atom is -0.314 e. The zero-order valence-corrected chi connectivity index (χ0v) is 13.2. The van der Waals surface area contributed by atoms with Gasteiger partial charge < -0.3 is 5.32 Å². The second kappa shape index (κ2) is 6.36. The lowest BCUT2D eigenvalue weighted by Gasteiger charge is -2.36. The van der Waals surface area contributed by atoms with Gasteiger partial charge in [-0.2, -0.15) is 0 Å².